The van der Waals surface area contributed by atoms with Gasteiger partial charge in [-0.25, -0.2) is 4.79 Å². The Labute approximate surface area is 173 Å². The molecule has 0 spiro atoms. The van der Waals surface area contributed by atoms with Crippen molar-refractivity contribution in [1.82, 2.24) is 5.16 Å². The van der Waals surface area contributed by atoms with Gasteiger partial charge in [-0.15, -0.1) is 0 Å². The number of carbonyl (C=O) groups excluding carboxylic acids is 1. The van der Waals surface area contributed by atoms with E-state index in [1.807, 2.05) is 84.9 Å². The SMILES string of the molecule is O=C(O/N=C/c1ccccc1OCc1ccccc1)c1cc(-c2ccccc2)on1. The number of ether oxygens (including phenoxy) is 1. The third kappa shape index (κ3) is 4.80. The summed E-state index contributed by atoms with van der Waals surface area (Å²) >= 11 is 0. The predicted octanol–water partition coefficient (Wildman–Crippen LogP) is 5.11. The van der Waals surface area contributed by atoms with Crippen molar-refractivity contribution in [3.05, 3.63) is 108 Å². The molecule has 0 aliphatic rings. The molecule has 6 nitrogen and oxygen atoms in total. The van der Waals surface area contributed by atoms with Crippen LogP contribution in [0.1, 0.15) is 21.6 Å². The van der Waals surface area contributed by atoms with E-state index in [2.05, 4.69) is 10.3 Å². The van der Waals surface area contributed by atoms with E-state index in [1.165, 1.54) is 12.3 Å². The number of hydrogen-bond acceptors (Lipinski definition) is 6. The molecule has 3 aromatic carbocycles. The summed E-state index contributed by atoms with van der Waals surface area (Å²) in [4.78, 5) is 17.1. The summed E-state index contributed by atoms with van der Waals surface area (Å²) in [6, 6.07) is 28.1. The minimum atomic E-state index is -0.708. The first kappa shape index (κ1) is 19.1. The Morgan fingerprint density at radius 2 is 1.63 bits per heavy atom. The van der Waals surface area contributed by atoms with Crippen LogP contribution in [-0.2, 0) is 11.4 Å². The highest BCUT2D eigenvalue weighted by molar-refractivity contribution is 5.89. The van der Waals surface area contributed by atoms with Crippen LogP contribution in [0.3, 0.4) is 0 Å². The first-order valence-electron chi connectivity index (χ1n) is 9.32. The average molecular weight is 398 g/mol. The maximum absolute atomic E-state index is 12.2. The molecule has 0 amide bonds. The smallest absolute Gasteiger partial charge is 0.387 e. The zero-order valence-electron chi connectivity index (χ0n) is 16.0. The quantitative estimate of drug-likeness (QED) is 0.246. The van der Waals surface area contributed by atoms with Crippen molar-refractivity contribution in [1.29, 1.82) is 0 Å². The fourth-order valence-corrected chi connectivity index (χ4v) is 2.74. The number of rotatable bonds is 7. The zero-order valence-corrected chi connectivity index (χ0v) is 16.0. The highest BCUT2D eigenvalue weighted by atomic mass is 16.7. The van der Waals surface area contributed by atoms with E-state index in [4.69, 9.17) is 14.1 Å². The molecule has 148 valence electrons. The lowest BCUT2D eigenvalue weighted by molar-refractivity contribution is 0.0507. The minimum Gasteiger partial charge on any atom is -0.488 e. The number of nitrogens with zero attached hydrogens (tertiary/aromatic N) is 2. The van der Waals surface area contributed by atoms with Gasteiger partial charge in [0.1, 0.15) is 12.4 Å². The zero-order chi connectivity index (χ0) is 20.6. The Hall–Kier alpha value is -4.19. The van der Waals surface area contributed by atoms with Crippen LogP contribution in [0.15, 0.2) is 101 Å². The molecule has 0 unspecified atom stereocenters. The van der Waals surface area contributed by atoms with E-state index in [-0.39, 0.29) is 5.69 Å². The first-order valence-corrected chi connectivity index (χ1v) is 9.32. The predicted molar refractivity (Wildman–Crippen MR) is 112 cm³/mol. The lowest BCUT2D eigenvalue weighted by atomic mass is 10.2. The second-order valence-corrected chi connectivity index (χ2v) is 6.37. The van der Waals surface area contributed by atoms with E-state index in [9.17, 15) is 4.79 Å². The van der Waals surface area contributed by atoms with Gasteiger partial charge in [0, 0.05) is 17.2 Å². The van der Waals surface area contributed by atoms with Crippen molar-refractivity contribution in [2.75, 3.05) is 0 Å². The van der Waals surface area contributed by atoms with Crippen LogP contribution < -0.4 is 4.74 Å². The van der Waals surface area contributed by atoms with Crippen LogP contribution >= 0.6 is 0 Å². The number of hydrogen-bond donors (Lipinski definition) is 0. The Morgan fingerprint density at radius 3 is 2.43 bits per heavy atom. The molecule has 0 fully saturated rings. The summed E-state index contributed by atoms with van der Waals surface area (Å²) in [6.07, 6.45) is 1.43. The van der Waals surface area contributed by atoms with E-state index in [0.717, 1.165) is 11.1 Å². The van der Waals surface area contributed by atoms with E-state index in [1.54, 1.807) is 0 Å². The summed E-state index contributed by atoms with van der Waals surface area (Å²) in [5.41, 5.74) is 2.60. The molecular formula is C24H18N2O4. The molecule has 0 atom stereocenters. The summed E-state index contributed by atoms with van der Waals surface area (Å²) in [7, 11) is 0. The Balaban J connectivity index is 1.39. The Bertz CT molecular complexity index is 1140. The molecule has 1 aromatic heterocycles. The number of carbonyl (C=O) groups is 1. The van der Waals surface area contributed by atoms with Gasteiger partial charge in [0.2, 0.25) is 0 Å². The third-order valence-electron chi connectivity index (χ3n) is 4.26. The highest BCUT2D eigenvalue weighted by Crippen LogP contribution is 2.20. The summed E-state index contributed by atoms with van der Waals surface area (Å²) in [6.45, 7) is 0.423. The molecule has 0 aliphatic carbocycles. The van der Waals surface area contributed by atoms with Crippen molar-refractivity contribution in [2.24, 2.45) is 5.16 Å². The topological polar surface area (TPSA) is 73.9 Å². The number of para-hydroxylation sites is 1. The van der Waals surface area contributed by atoms with Gasteiger partial charge in [-0.1, -0.05) is 83.1 Å². The fraction of sp³-hybridized carbons (Fsp3) is 0.0417. The van der Waals surface area contributed by atoms with Gasteiger partial charge < -0.3 is 14.1 Å². The van der Waals surface area contributed by atoms with Crippen LogP contribution in [-0.4, -0.2) is 17.3 Å². The summed E-state index contributed by atoms with van der Waals surface area (Å²) < 4.78 is 11.1. The molecule has 30 heavy (non-hydrogen) atoms. The van der Waals surface area contributed by atoms with Gasteiger partial charge in [-0.2, -0.15) is 0 Å². The minimum absolute atomic E-state index is 0.0413. The van der Waals surface area contributed by atoms with Gasteiger partial charge in [-0.3, -0.25) is 0 Å². The van der Waals surface area contributed by atoms with Crippen molar-refractivity contribution < 1.29 is 18.9 Å². The standard InChI is InChI=1S/C24H18N2O4/c27-24(21-15-23(29-26-21)19-11-5-2-6-12-19)30-25-16-20-13-7-8-14-22(20)28-17-18-9-3-1-4-10-18/h1-16H,17H2/b25-16+. The van der Waals surface area contributed by atoms with Crippen LogP contribution in [0.5, 0.6) is 5.75 Å². The second-order valence-electron chi connectivity index (χ2n) is 6.37. The highest BCUT2D eigenvalue weighted by Gasteiger charge is 2.15. The Kier molecular flexibility index (Phi) is 5.96. The number of aromatic nitrogens is 1. The van der Waals surface area contributed by atoms with E-state index < -0.39 is 5.97 Å². The lowest BCUT2D eigenvalue weighted by Crippen LogP contribution is -2.02. The maximum atomic E-state index is 12.2. The van der Waals surface area contributed by atoms with Crippen molar-refractivity contribution in [2.45, 2.75) is 6.61 Å². The number of benzene rings is 3. The van der Waals surface area contributed by atoms with Crippen LogP contribution in [0.4, 0.5) is 0 Å². The molecule has 0 saturated heterocycles. The van der Waals surface area contributed by atoms with E-state index >= 15 is 0 Å². The Morgan fingerprint density at radius 1 is 0.933 bits per heavy atom. The van der Waals surface area contributed by atoms with Crippen molar-refractivity contribution in [3.63, 3.8) is 0 Å². The molecule has 6 heteroatoms. The first-order chi connectivity index (χ1) is 14.8. The van der Waals surface area contributed by atoms with E-state index in [0.29, 0.717) is 23.7 Å². The van der Waals surface area contributed by atoms with Gasteiger partial charge in [0.25, 0.3) is 0 Å². The summed E-state index contributed by atoms with van der Waals surface area (Å²) in [5.74, 6) is 0.403. The molecule has 0 radical (unpaired) electrons. The average Bonchev–Trinajstić information content (AvgIpc) is 3.30. The van der Waals surface area contributed by atoms with Gasteiger partial charge in [0.05, 0.1) is 6.21 Å². The van der Waals surface area contributed by atoms with Crippen molar-refractivity contribution >= 4 is 12.2 Å². The van der Waals surface area contributed by atoms with Gasteiger partial charge in [-0.05, 0) is 17.7 Å². The molecular weight excluding hydrogens is 380 g/mol. The van der Waals surface area contributed by atoms with Crippen LogP contribution in [0.25, 0.3) is 11.3 Å². The molecule has 0 saturated carbocycles. The van der Waals surface area contributed by atoms with Crippen LogP contribution in [0.2, 0.25) is 0 Å². The molecule has 0 aliphatic heterocycles. The summed E-state index contributed by atoms with van der Waals surface area (Å²) in [5, 5.41) is 7.53. The number of oxime groups is 1. The van der Waals surface area contributed by atoms with Gasteiger partial charge >= 0.3 is 5.97 Å². The molecule has 0 bridgehead atoms. The fourth-order valence-electron chi connectivity index (χ4n) is 2.74. The molecule has 1 heterocycles. The normalized spacial score (nSPS) is 10.8. The lowest BCUT2D eigenvalue weighted by Gasteiger charge is -2.08. The molecule has 4 rings (SSSR count). The van der Waals surface area contributed by atoms with Crippen LogP contribution in [0, 0.1) is 0 Å². The monoisotopic (exact) mass is 398 g/mol. The molecule has 4 aromatic rings. The van der Waals surface area contributed by atoms with Gasteiger partial charge in [0.15, 0.2) is 11.5 Å². The largest absolute Gasteiger partial charge is 0.488 e. The second kappa shape index (κ2) is 9.34. The maximum Gasteiger partial charge on any atom is 0.387 e. The van der Waals surface area contributed by atoms with Crippen molar-refractivity contribution in [3.8, 4) is 17.1 Å². The third-order valence-corrected chi connectivity index (χ3v) is 4.26. The molecule has 0 N–H and O–H groups in total.